The van der Waals surface area contributed by atoms with Gasteiger partial charge in [-0.3, -0.25) is 19.5 Å². The van der Waals surface area contributed by atoms with E-state index in [1.165, 1.54) is 5.56 Å². The third kappa shape index (κ3) is 3.77. The van der Waals surface area contributed by atoms with Gasteiger partial charge in [0.05, 0.1) is 5.41 Å². The van der Waals surface area contributed by atoms with Crippen molar-refractivity contribution in [3.8, 4) is 0 Å². The van der Waals surface area contributed by atoms with Crippen molar-refractivity contribution in [1.82, 2.24) is 19.7 Å². The summed E-state index contributed by atoms with van der Waals surface area (Å²) in [5, 5.41) is 0. The minimum Gasteiger partial charge on any atom is -0.342 e. The molecule has 0 aliphatic carbocycles. The molecule has 0 bridgehead atoms. The summed E-state index contributed by atoms with van der Waals surface area (Å²) in [6.45, 7) is 12.2. The summed E-state index contributed by atoms with van der Waals surface area (Å²) in [5.41, 5.74) is 0.879. The van der Waals surface area contributed by atoms with Gasteiger partial charge in [0.25, 0.3) is 0 Å². The zero-order valence-electron chi connectivity index (χ0n) is 19.5. The second kappa shape index (κ2) is 8.89. The fraction of sp³-hybridized carbons (Fsp3) is 0.720. The normalized spacial score (nSPS) is 26.0. The van der Waals surface area contributed by atoms with E-state index in [2.05, 4.69) is 46.5 Å². The number of amides is 2. The molecule has 3 saturated heterocycles. The Labute approximate surface area is 187 Å². The molecule has 3 fully saturated rings. The molecule has 170 valence electrons. The minimum atomic E-state index is -0.296. The third-order valence-electron chi connectivity index (χ3n) is 8.42. The highest BCUT2D eigenvalue weighted by Gasteiger charge is 2.64. The summed E-state index contributed by atoms with van der Waals surface area (Å²) in [6, 6.07) is 4.11. The molecule has 1 aromatic heterocycles. The maximum Gasteiger partial charge on any atom is 0.230 e. The summed E-state index contributed by atoms with van der Waals surface area (Å²) in [4.78, 5) is 37.5. The number of carbonyl (C=O) groups is 2. The van der Waals surface area contributed by atoms with E-state index in [-0.39, 0.29) is 16.7 Å². The Morgan fingerprint density at radius 2 is 1.84 bits per heavy atom. The minimum absolute atomic E-state index is 0.0269. The topological polar surface area (TPSA) is 56.8 Å². The number of likely N-dealkylation sites (tertiary alicyclic amines) is 3. The number of hydrogen-bond donors (Lipinski definition) is 0. The quantitative estimate of drug-likeness (QED) is 0.701. The van der Waals surface area contributed by atoms with Crippen LogP contribution in [0, 0.1) is 16.7 Å². The number of piperidine rings is 1. The summed E-state index contributed by atoms with van der Waals surface area (Å²) in [5.74, 6) is 0.799. The van der Waals surface area contributed by atoms with Gasteiger partial charge in [-0.25, -0.2) is 0 Å². The number of pyridine rings is 1. The Balaban J connectivity index is 1.55. The van der Waals surface area contributed by atoms with Crippen LogP contribution >= 0.6 is 0 Å². The summed E-state index contributed by atoms with van der Waals surface area (Å²) in [6.07, 6.45) is 8.38. The van der Waals surface area contributed by atoms with Crippen molar-refractivity contribution >= 4 is 11.8 Å². The monoisotopic (exact) mass is 426 g/mol. The Morgan fingerprint density at radius 1 is 1.10 bits per heavy atom. The lowest BCUT2D eigenvalue weighted by molar-refractivity contribution is -0.145. The first-order valence-electron chi connectivity index (χ1n) is 12.2. The van der Waals surface area contributed by atoms with Crippen LogP contribution in [0.2, 0.25) is 0 Å². The van der Waals surface area contributed by atoms with Crippen LogP contribution in [0.1, 0.15) is 58.4 Å². The van der Waals surface area contributed by atoms with Crippen molar-refractivity contribution in [2.24, 2.45) is 16.7 Å². The molecule has 6 heteroatoms. The van der Waals surface area contributed by atoms with Crippen molar-refractivity contribution in [3.63, 3.8) is 0 Å². The molecule has 1 atom stereocenters. The molecule has 2 spiro atoms. The number of hydrogen-bond acceptors (Lipinski definition) is 4. The van der Waals surface area contributed by atoms with Crippen molar-refractivity contribution in [3.05, 3.63) is 30.1 Å². The highest BCUT2D eigenvalue weighted by Crippen LogP contribution is 2.58. The third-order valence-corrected chi connectivity index (χ3v) is 8.42. The SMILES string of the molecule is CCC(CC)C(=O)N1CCC2(CC1)CN(Cc1cccnc1)CC21CCN(CC)C1=O. The fourth-order valence-corrected chi connectivity index (χ4v) is 6.51. The molecule has 0 saturated carbocycles. The standard InChI is InChI=1S/C25H38N4O2/c1-4-21(5-2)22(30)29-13-9-24(10-14-29)18-27(17-20-8-7-12-26-16-20)19-25(24)11-15-28(6-3)23(25)31/h7-8,12,16,21H,4-6,9-11,13-15,17-19H2,1-3H3. The summed E-state index contributed by atoms with van der Waals surface area (Å²) < 4.78 is 0. The van der Waals surface area contributed by atoms with Crippen molar-refractivity contribution < 1.29 is 9.59 Å². The second-order valence-electron chi connectivity index (χ2n) is 9.84. The van der Waals surface area contributed by atoms with E-state index in [1.54, 1.807) is 0 Å². The van der Waals surface area contributed by atoms with E-state index in [1.807, 2.05) is 18.5 Å². The molecule has 3 aliphatic heterocycles. The Kier molecular flexibility index (Phi) is 6.38. The summed E-state index contributed by atoms with van der Waals surface area (Å²) in [7, 11) is 0. The maximum atomic E-state index is 13.7. The first-order valence-corrected chi connectivity index (χ1v) is 12.2. The molecule has 0 aromatic carbocycles. The molecular weight excluding hydrogens is 388 g/mol. The number of rotatable bonds is 6. The first kappa shape index (κ1) is 22.3. The van der Waals surface area contributed by atoms with Gasteiger partial charge in [-0.2, -0.15) is 0 Å². The number of fused-ring (bicyclic) bond motifs is 1. The van der Waals surface area contributed by atoms with Crippen LogP contribution in [0.5, 0.6) is 0 Å². The lowest BCUT2D eigenvalue weighted by Gasteiger charge is -2.47. The lowest BCUT2D eigenvalue weighted by atomic mass is 9.60. The van der Waals surface area contributed by atoms with Crippen molar-refractivity contribution in [2.45, 2.75) is 59.4 Å². The largest absolute Gasteiger partial charge is 0.342 e. The second-order valence-corrected chi connectivity index (χ2v) is 9.84. The smallest absolute Gasteiger partial charge is 0.230 e. The van der Waals surface area contributed by atoms with E-state index in [0.717, 1.165) is 77.9 Å². The molecule has 0 N–H and O–H groups in total. The molecule has 3 aliphatic rings. The molecule has 31 heavy (non-hydrogen) atoms. The number of aromatic nitrogens is 1. The van der Waals surface area contributed by atoms with Crippen LogP contribution < -0.4 is 0 Å². The van der Waals surface area contributed by atoms with Gasteiger partial charge in [0.2, 0.25) is 11.8 Å². The van der Waals surface area contributed by atoms with Crippen LogP contribution in [0.4, 0.5) is 0 Å². The van der Waals surface area contributed by atoms with Gasteiger partial charge < -0.3 is 9.80 Å². The van der Waals surface area contributed by atoms with E-state index >= 15 is 0 Å². The van der Waals surface area contributed by atoms with Crippen LogP contribution in [0.3, 0.4) is 0 Å². The molecule has 4 rings (SSSR count). The maximum absolute atomic E-state index is 13.7. The zero-order chi connectivity index (χ0) is 22.1. The molecule has 1 aromatic rings. The predicted molar refractivity (Wildman–Crippen MR) is 121 cm³/mol. The van der Waals surface area contributed by atoms with Crippen LogP contribution in [0.25, 0.3) is 0 Å². The molecule has 6 nitrogen and oxygen atoms in total. The van der Waals surface area contributed by atoms with Crippen LogP contribution in [0.15, 0.2) is 24.5 Å². The molecule has 4 heterocycles. The van der Waals surface area contributed by atoms with E-state index in [4.69, 9.17) is 0 Å². The summed E-state index contributed by atoms with van der Waals surface area (Å²) >= 11 is 0. The molecule has 0 radical (unpaired) electrons. The highest BCUT2D eigenvalue weighted by atomic mass is 16.2. The Morgan fingerprint density at radius 3 is 2.42 bits per heavy atom. The average molecular weight is 427 g/mol. The van der Waals surface area contributed by atoms with Crippen LogP contribution in [-0.4, -0.2) is 70.8 Å². The molecular formula is C25H38N4O2. The van der Waals surface area contributed by atoms with E-state index < -0.39 is 0 Å². The Hall–Kier alpha value is -1.95. The van der Waals surface area contributed by atoms with Gasteiger partial charge in [0, 0.05) is 69.5 Å². The predicted octanol–water partition coefficient (Wildman–Crippen LogP) is 3.18. The highest BCUT2D eigenvalue weighted by molar-refractivity contribution is 5.87. The first-order chi connectivity index (χ1) is 15.0. The van der Waals surface area contributed by atoms with Gasteiger partial charge >= 0.3 is 0 Å². The molecule has 2 amide bonds. The van der Waals surface area contributed by atoms with Gasteiger partial charge in [-0.05, 0) is 50.7 Å². The van der Waals surface area contributed by atoms with E-state index in [9.17, 15) is 9.59 Å². The van der Waals surface area contributed by atoms with Crippen molar-refractivity contribution in [2.75, 3.05) is 39.3 Å². The van der Waals surface area contributed by atoms with Crippen molar-refractivity contribution in [1.29, 1.82) is 0 Å². The molecule has 1 unspecified atom stereocenters. The fourth-order valence-electron chi connectivity index (χ4n) is 6.51. The Bertz CT molecular complexity index is 786. The van der Waals surface area contributed by atoms with Gasteiger partial charge in [0.15, 0.2) is 0 Å². The number of nitrogens with zero attached hydrogens (tertiary/aromatic N) is 4. The van der Waals surface area contributed by atoms with Crippen LogP contribution in [-0.2, 0) is 16.1 Å². The average Bonchev–Trinajstić information content (AvgIpc) is 3.27. The van der Waals surface area contributed by atoms with E-state index in [0.29, 0.717) is 11.8 Å². The zero-order valence-corrected chi connectivity index (χ0v) is 19.5. The lowest BCUT2D eigenvalue weighted by Crippen LogP contribution is -2.54. The van der Waals surface area contributed by atoms with Gasteiger partial charge in [0.1, 0.15) is 0 Å². The number of carbonyl (C=O) groups excluding carboxylic acids is 2. The van der Waals surface area contributed by atoms with Gasteiger partial charge in [-0.1, -0.05) is 19.9 Å². The van der Waals surface area contributed by atoms with Gasteiger partial charge in [-0.15, -0.1) is 0 Å².